The van der Waals surface area contributed by atoms with E-state index in [-0.39, 0.29) is 67.1 Å². The van der Waals surface area contributed by atoms with Crippen LogP contribution < -0.4 is 43.4 Å². The highest BCUT2D eigenvalue weighted by molar-refractivity contribution is 8.05. The van der Waals surface area contributed by atoms with Crippen LogP contribution in [0.4, 0.5) is 13.6 Å². The van der Waals surface area contributed by atoms with Gasteiger partial charge in [-0.05, 0) is 94.3 Å². The number of carbonyl (C=O) groups excluding carboxylic acids is 3. The fourth-order valence-electron chi connectivity index (χ4n) is 3.79. The predicted molar refractivity (Wildman–Crippen MR) is 240 cm³/mol. The molecule has 0 fully saturated rings. The second-order valence-electron chi connectivity index (χ2n) is 13.9. The van der Waals surface area contributed by atoms with Gasteiger partial charge in [-0.2, -0.15) is 0 Å². The number of ether oxygens (including phenoxy) is 3. The van der Waals surface area contributed by atoms with Crippen molar-refractivity contribution in [2.45, 2.75) is 79.4 Å². The second-order valence-corrected chi connectivity index (χ2v) is 20.8. The summed E-state index contributed by atoms with van der Waals surface area (Å²) in [7, 11) is 0. The Bertz CT molecular complexity index is 2090. The molecule has 0 aliphatic rings. The number of amides is 1. The van der Waals surface area contributed by atoms with E-state index in [4.69, 9.17) is 57.6 Å². The van der Waals surface area contributed by atoms with Gasteiger partial charge in [0, 0.05) is 33.7 Å². The fourth-order valence-corrected chi connectivity index (χ4v) is 6.33. The van der Waals surface area contributed by atoms with Crippen molar-refractivity contribution in [3.05, 3.63) is 132 Å². The van der Waals surface area contributed by atoms with Gasteiger partial charge in [-0.1, -0.05) is 74.5 Å². The van der Waals surface area contributed by atoms with Crippen LogP contribution in [0, 0.1) is 17.6 Å². The first kappa shape index (κ1) is 62.4. The molecule has 64 heavy (non-hydrogen) atoms. The maximum absolute atomic E-state index is 12.8. The summed E-state index contributed by atoms with van der Waals surface area (Å²) in [6.07, 6.45) is -4.13. The van der Waals surface area contributed by atoms with E-state index in [0.717, 1.165) is 0 Å². The molecule has 0 spiro atoms. The third-order valence-corrected chi connectivity index (χ3v) is 9.27. The quantitative estimate of drug-likeness (QED) is 0.0470. The summed E-state index contributed by atoms with van der Waals surface area (Å²) in [4.78, 5) is 44.8. The largest absolute Gasteiger partial charge is 1.00 e. The first-order chi connectivity index (χ1) is 28.7. The van der Waals surface area contributed by atoms with Crippen molar-refractivity contribution in [2.24, 2.45) is 5.92 Å². The Morgan fingerprint density at radius 3 is 1.36 bits per heavy atom. The predicted octanol–water partition coefficient (Wildman–Crippen LogP) is 8.86. The zero-order valence-electron chi connectivity index (χ0n) is 35.5. The molecule has 0 bridgehead atoms. The topological polar surface area (TPSA) is 193 Å². The van der Waals surface area contributed by atoms with Gasteiger partial charge in [0.05, 0.1) is 5.92 Å². The van der Waals surface area contributed by atoms with Crippen LogP contribution in [-0.4, -0.2) is 46.8 Å². The van der Waals surface area contributed by atoms with Crippen molar-refractivity contribution in [1.82, 2.24) is 10.4 Å². The van der Waals surface area contributed by atoms with Gasteiger partial charge in [0.1, 0.15) is 54.0 Å². The lowest BCUT2D eigenvalue weighted by Gasteiger charge is -2.21. The number of hydrogen-bond acceptors (Lipinski definition) is 11. The molecule has 0 aromatic heterocycles. The monoisotopic (exact) mass is 1130 g/mol. The number of alkyl carbamates (subject to hydrolysis) is 1. The number of aliphatic carboxylic acids is 1. The number of carbonyl (C=O) groups is 4. The molecule has 0 saturated carbocycles. The van der Waals surface area contributed by atoms with Crippen LogP contribution in [0.2, 0.25) is 0 Å². The van der Waals surface area contributed by atoms with Crippen LogP contribution in [0.1, 0.15) is 59.6 Å². The Morgan fingerprint density at radius 1 is 0.656 bits per heavy atom. The van der Waals surface area contributed by atoms with Crippen molar-refractivity contribution in [3.8, 4) is 11.5 Å². The van der Waals surface area contributed by atoms with Gasteiger partial charge in [-0.3, -0.25) is 9.59 Å². The molecule has 4 rings (SSSR count). The fraction of sp³-hybridized carbons (Fsp3) is 0.317. The Balaban J connectivity index is 0. The molecule has 0 heterocycles. The minimum Gasteiger partial charge on any atom is -1.00 e. The van der Waals surface area contributed by atoms with E-state index in [0.29, 0.717) is 22.6 Å². The highest BCUT2D eigenvalue weighted by atomic mass is 127. The second kappa shape index (κ2) is 31.3. The summed E-state index contributed by atoms with van der Waals surface area (Å²) in [6, 6.07) is 26.3. The van der Waals surface area contributed by atoms with Gasteiger partial charge in [0.15, 0.2) is 0 Å². The first-order valence-corrected chi connectivity index (χ1v) is 24.3. The Morgan fingerprint density at radius 2 is 1.02 bits per heavy atom. The lowest BCUT2D eigenvalue weighted by molar-refractivity contribution is -0.147. The average Bonchev–Trinajstić information content (AvgIpc) is 3.17. The maximum Gasteiger partial charge on any atom is 0.428 e. The number of esters is 2. The molecule has 4 aromatic carbocycles. The maximum atomic E-state index is 12.8. The molecule has 0 radical (unpaired) electrons. The van der Waals surface area contributed by atoms with Gasteiger partial charge in [0.2, 0.25) is 0 Å². The molecule has 356 valence electrons. The lowest BCUT2D eigenvalue weighted by Crippen LogP contribution is -3.00. The van der Waals surface area contributed by atoms with Gasteiger partial charge in [-0.25, -0.2) is 32.6 Å². The van der Waals surface area contributed by atoms with E-state index in [9.17, 15) is 37.1 Å². The Hall–Kier alpha value is -3.67. The smallest absolute Gasteiger partial charge is 0.428 e. The molecule has 3 atom stereocenters. The molecule has 1 unspecified atom stereocenters. The molecule has 0 aliphatic heterocycles. The molecule has 23 heteroatoms. The lowest BCUT2D eigenvalue weighted by atomic mass is 10.2. The number of nitrogens with one attached hydrogen (secondary N) is 2. The molecule has 0 saturated heterocycles. The molecular weight excluding hydrogens is 1080 g/mol. The third-order valence-electron chi connectivity index (χ3n) is 6.79. The zero-order valence-corrected chi connectivity index (χ0v) is 42.6. The van der Waals surface area contributed by atoms with Crippen molar-refractivity contribution in [2.75, 3.05) is 0 Å². The number of para-hydroxylation sites is 2. The standard InChI is InChI=1S/C16H16ClFNO4P.C15H20FNO4.C6H5Cl2O2P.C4H8O2.ClH.HI/c1-12(16(20)22-11-13-7-9-14(18)10-8-13)19-24(17,21)23-15-5-3-2-4-6-15;1-10(17-14(19)21-15(2,3)4)13(18)20-9-11-5-7-12(16)8-6-11;7-11(8,9)10-6-4-2-1-3-5-6;1-3(2)4(5)6;;/h2-10,12H,11H2,1H3,(H,19,21);5-8,10H,9H2,1-4H3,(H,17,19);1-5H;3H,1-2H3,(H,5,6);2*1H/p-1/t12-,24?;10-;;;;/m00..../s1. The van der Waals surface area contributed by atoms with E-state index in [1.165, 1.54) is 62.4 Å². The Labute approximate surface area is 409 Å². The summed E-state index contributed by atoms with van der Waals surface area (Å²) in [5.41, 5.74) is 0.655. The van der Waals surface area contributed by atoms with Crippen molar-refractivity contribution >= 4 is 83.1 Å². The molecule has 1 amide bonds. The van der Waals surface area contributed by atoms with Crippen molar-refractivity contribution in [3.63, 3.8) is 0 Å². The van der Waals surface area contributed by atoms with Crippen LogP contribution >= 0.6 is 59.1 Å². The van der Waals surface area contributed by atoms with E-state index in [2.05, 4.69) is 14.9 Å². The van der Waals surface area contributed by atoms with Crippen molar-refractivity contribution in [1.29, 1.82) is 0 Å². The van der Waals surface area contributed by atoms with Gasteiger partial charge >= 0.3 is 36.9 Å². The number of hydrogen-bond donors (Lipinski definition) is 3. The molecule has 3 N–H and O–H groups in total. The number of halogens is 7. The summed E-state index contributed by atoms with van der Waals surface area (Å²) in [5, 5.41) is 12.8. The average molecular weight is 1130 g/mol. The third kappa shape index (κ3) is 31.2. The van der Waals surface area contributed by atoms with E-state index in [1.807, 2.05) is 0 Å². The molecule has 14 nitrogen and oxygen atoms in total. The van der Waals surface area contributed by atoms with Crippen LogP contribution in [0.15, 0.2) is 109 Å². The van der Waals surface area contributed by atoms with Crippen LogP contribution in [0.25, 0.3) is 0 Å². The summed E-state index contributed by atoms with van der Waals surface area (Å²) < 4.78 is 73.4. The zero-order chi connectivity index (χ0) is 47.1. The minimum absolute atomic E-state index is 0. The number of rotatable bonds is 14. The van der Waals surface area contributed by atoms with Crippen LogP contribution in [0.3, 0.4) is 0 Å². The molecule has 0 aliphatic carbocycles. The number of carboxylic acids is 1. The van der Waals surface area contributed by atoms with E-state index in [1.54, 1.807) is 95.3 Å². The summed E-state index contributed by atoms with van der Waals surface area (Å²) in [5.74, 6) is -2.23. The first-order valence-electron chi connectivity index (χ1n) is 18.4. The van der Waals surface area contributed by atoms with Crippen molar-refractivity contribution < 1.29 is 89.4 Å². The SMILES string of the molecule is CC(C)C(=O)O.C[C@H](NC(=O)OC(C)(C)C)C(=O)OCc1ccc(F)cc1.C[C@H](NP(=O)(Cl)Oc1ccccc1)C(=O)OCc1ccc(F)cc1.Cl.O=P(Cl)(Cl)Oc1ccccc1.[I-]. The highest BCUT2D eigenvalue weighted by Crippen LogP contribution is 2.57. The normalized spacial score (nSPS) is 12.3. The summed E-state index contributed by atoms with van der Waals surface area (Å²) >= 11 is 16.1. The van der Waals surface area contributed by atoms with Crippen LogP contribution in [-0.2, 0) is 50.9 Å². The number of carboxylic acid groups (broad SMARTS) is 1. The van der Waals surface area contributed by atoms with E-state index >= 15 is 0 Å². The Kier molecular flexibility index (Phi) is 30.5. The van der Waals surface area contributed by atoms with Crippen LogP contribution in [0.5, 0.6) is 11.5 Å². The molecule has 4 aromatic rings. The highest BCUT2D eigenvalue weighted by Gasteiger charge is 2.28. The van der Waals surface area contributed by atoms with Gasteiger partial charge in [0.25, 0.3) is 0 Å². The minimum atomic E-state index is -3.75. The molecular formula is C41H50Cl4F2IN2O12P2-. The van der Waals surface area contributed by atoms with Gasteiger partial charge in [-0.15, -0.1) is 12.4 Å². The van der Waals surface area contributed by atoms with E-state index < -0.39 is 54.6 Å². The van der Waals surface area contributed by atoms with Gasteiger partial charge < -0.3 is 57.7 Å². The summed E-state index contributed by atoms with van der Waals surface area (Å²) in [6.45, 7) is 7.64. The number of benzene rings is 4.